The Bertz CT molecular complexity index is 248. The van der Waals surface area contributed by atoms with Crippen molar-refractivity contribution in [3.05, 3.63) is 30.3 Å². The van der Waals surface area contributed by atoms with Crippen LogP contribution >= 0.6 is 0 Å². The third kappa shape index (κ3) is 4.81. The predicted octanol–water partition coefficient (Wildman–Crippen LogP) is 1.85. The van der Waals surface area contributed by atoms with Gasteiger partial charge >= 0.3 is 0 Å². The van der Waals surface area contributed by atoms with Crippen molar-refractivity contribution in [2.75, 3.05) is 19.8 Å². The topological polar surface area (TPSA) is 38.7 Å². The van der Waals surface area contributed by atoms with E-state index in [9.17, 15) is 0 Å². The lowest BCUT2D eigenvalue weighted by Crippen LogP contribution is -2.23. The van der Waals surface area contributed by atoms with Gasteiger partial charge in [0.1, 0.15) is 11.9 Å². The van der Waals surface area contributed by atoms with Gasteiger partial charge in [0.2, 0.25) is 0 Å². The minimum Gasteiger partial charge on any atom is -0.488 e. The van der Waals surface area contributed by atoms with E-state index in [2.05, 4.69) is 6.92 Å². The predicted molar refractivity (Wildman–Crippen MR) is 59.1 cm³/mol. The van der Waals surface area contributed by atoms with Crippen molar-refractivity contribution in [2.45, 2.75) is 19.4 Å². The van der Waals surface area contributed by atoms with Gasteiger partial charge in [0.15, 0.2) is 0 Å². The van der Waals surface area contributed by atoms with Crippen LogP contribution in [0, 0.1) is 0 Å². The molecule has 0 fully saturated rings. The molecule has 0 aliphatic carbocycles. The molecule has 1 N–H and O–H groups in total. The normalized spacial score (nSPS) is 12.4. The number of aliphatic hydroxyl groups excluding tert-OH is 1. The summed E-state index contributed by atoms with van der Waals surface area (Å²) in [5.41, 5.74) is 0. The molecule has 0 spiro atoms. The van der Waals surface area contributed by atoms with Crippen LogP contribution in [0.5, 0.6) is 5.75 Å². The monoisotopic (exact) mass is 210 g/mol. The molecule has 0 saturated carbocycles. The zero-order valence-electron chi connectivity index (χ0n) is 9.06. The van der Waals surface area contributed by atoms with Crippen molar-refractivity contribution < 1.29 is 14.6 Å². The van der Waals surface area contributed by atoms with Crippen molar-refractivity contribution in [3.8, 4) is 5.75 Å². The van der Waals surface area contributed by atoms with Gasteiger partial charge in [-0.1, -0.05) is 25.1 Å². The Morgan fingerprint density at radius 2 is 2.00 bits per heavy atom. The van der Waals surface area contributed by atoms with Crippen LogP contribution in [0.1, 0.15) is 13.3 Å². The Kier molecular flexibility index (Phi) is 5.81. The van der Waals surface area contributed by atoms with Crippen LogP contribution in [-0.4, -0.2) is 31.0 Å². The van der Waals surface area contributed by atoms with Crippen LogP contribution in [0.25, 0.3) is 0 Å². The first-order chi connectivity index (χ1) is 7.36. The van der Waals surface area contributed by atoms with Gasteiger partial charge in [-0.2, -0.15) is 0 Å². The summed E-state index contributed by atoms with van der Waals surface area (Å²) in [5, 5.41) is 8.58. The summed E-state index contributed by atoms with van der Waals surface area (Å²) in [5.74, 6) is 0.858. The van der Waals surface area contributed by atoms with E-state index in [1.165, 1.54) is 0 Å². The first-order valence-corrected chi connectivity index (χ1v) is 5.27. The van der Waals surface area contributed by atoms with Crippen LogP contribution < -0.4 is 4.74 Å². The molecule has 3 heteroatoms. The fourth-order valence-electron chi connectivity index (χ4n) is 1.21. The second kappa shape index (κ2) is 7.26. The fraction of sp³-hybridized carbons (Fsp3) is 0.500. The molecule has 1 aromatic rings. The Morgan fingerprint density at radius 3 is 2.60 bits per heavy atom. The number of ether oxygens (including phenoxy) is 2. The maximum Gasteiger partial charge on any atom is 0.122 e. The van der Waals surface area contributed by atoms with Crippen LogP contribution in [0.3, 0.4) is 0 Å². The summed E-state index contributed by atoms with van der Waals surface area (Å²) in [6.45, 7) is 3.00. The van der Waals surface area contributed by atoms with Crippen molar-refractivity contribution in [3.63, 3.8) is 0 Å². The van der Waals surface area contributed by atoms with E-state index in [0.717, 1.165) is 12.2 Å². The lowest BCUT2D eigenvalue weighted by Gasteiger charge is -2.17. The van der Waals surface area contributed by atoms with E-state index >= 15 is 0 Å². The number of para-hydroxylation sites is 1. The van der Waals surface area contributed by atoms with Crippen molar-refractivity contribution in [1.29, 1.82) is 0 Å². The van der Waals surface area contributed by atoms with E-state index in [-0.39, 0.29) is 12.7 Å². The van der Waals surface area contributed by atoms with E-state index < -0.39 is 0 Å². The molecule has 0 aliphatic heterocycles. The van der Waals surface area contributed by atoms with Gasteiger partial charge in [-0.05, 0) is 18.6 Å². The molecular formula is C12H18O3. The molecule has 0 aromatic heterocycles. The van der Waals surface area contributed by atoms with Gasteiger partial charge in [0, 0.05) is 0 Å². The van der Waals surface area contributed by atoms with Crippen molar-refractivity contribution in [1.82, 2.24) is 0 Å². The van der Waals surface area contributed by atoms with E-state index in [0.29, 0.717) is 13.2 Å². The summed E-state index contributed by atoms with van der Waals surface area (Å²) >= 11 is 0. The van der Waals surface area contributed by atoms with Gasteiger partial charge in [0.05, 0.1) is 19.8 Å². The van der Waals surface area contributed by atoms with Gasteiger partial charge in [-0.25, -0.2) is 0 Å². The molecule has 1 unspecified atom stereocenters. The zero-order chi connectivity index (χ0) is 10.9. The van der Waals surface area contributed by atoms with Gasteiger partial charge < -0.3 is 14.6 Å². The average Bonchev–Trinajstić information content (AvgIpc) is 2.29. The van der Waals surface area contributed by atoms with E-state index in [1.54, 1.807) is 0 Å². The highest BCUT2D eigenvalue weighted by Gasteiger charge is 2.07. The van der Waals surface area contributed by atoms with Gasteiger partial charge in [0.25, 0.3) is 0 Å². The number of benzene rings is 1. The van der Waals surface area contributed by atoms with E-state index in [1.807, 2.05) is 30.3 Å². The zero-order valence-corrected chi connectivity index (χ0v) is 9.06. The highest BCUT2D eigenvalue weighted by atomic mass is 16.5. The SMILES string of the molecule is CCC(COCCO)Oc1ccccc1. The molecule has 15 heavy (non-hydrogen) atoms. The molecule has 3 nitrogen and oxygen atoms in total. The van der Waals surface area contributed by atoms with Crippen LogP contribution in [0.4, 0.5) is 0 Å². The van der Waals surface area contributed by atoms with Crippen LogP contribution in [0.15, 0.2) is 30.3 Å². The van der Waals surface area contributed by atoms with Gasteiger partial charge in [-0.3, -0.25) is 0 Å². The maximum absolute atomic E-state index is 8.58. The number of hydrogen-bond donors (Lipinski definition) is 1. The van der Waals surface area contributed by atoms with Crippen LogP contribution in [-0.2, 0) is 4.74 Å². The molecule has 1 rings (SSSR count). The van der Waals surface area contributed by atoms with E-state index in [4.69, 9.17) is 14.6 Å². The molecule has 0 radical (unpaired) electrons. The third-order valence-corrected chi connectivity index (χ3v) is 2.04. The Balaban J connectivity index is 2.33. The second-order valence-electron chi connectivity index (χ2n) is 3.26. The molecule has 0 saturated heterocycles. The molecule has 84 valence electrons. The summed E-state index contributed by atoms with van der Waals surface area (Å²) in [6.07, 6.45) is 0.944. The minimum absolute atomic E-state index is 0.0546. The molecule has 0 aliphatic rings. The lowest BCUT2D eigenvalue weighted by atomic mass is 10.3. The highest BCUT2D eigenvalue weighted by molar-refractivity contribution is 5.21. The summed E-state index contributed by atoms with van der Waals surface area (Å²) in [4.78, 5) is 0. The summed E-state index contributed by atoms with van der Waals surface area (Å²) in [6, 6.07) is 9.69. The highest BCUT2D eigenvalue weighted by Crippen LogP contribution is 2.12. The largest absolute Gasteiger partial charge is 0.488 e. The molecule has 0 bridgehead atoms. The maximum atomic E-state index is 8.58. The molecule has 0 heterocycles. The van der Waals surface area contributed by atoms with Crippen LogP contribution in [0.2, 0.25) is 0 Å². The van der Waals surface area contributed by atoms with Crippen molar-refractivity contribution in [2.24, 2.45) is 0 Å². The Labute approximate surface area is 90.6 Å². The Morgan fingerprint density at radius 1 is 1.27 bits per heavy atom. The lowest BCUT2D eigenvalue weighted by molar-refractivity contribution is 0.0308. The second-order valence-corrected chi connectivity index (χ2v) is 3.26. The minimum atomic E-state index is 0.0546. The van der Waals surface area contributed by atoms with Crippen molar-refractivity contribution >= 4 is 0 Å². The number of hydrogen-bond acceptors (Lipinski definition) is 3. The summed E-state index contributed by atoms with van der Waals surface area (Å²) in [7, 11) is 0. The Hall–Kier alpha value is -1.06. The average molecular weight is 210 g/mol. The van der Waals surface area contributed by atoms with Gasteiger partial charge in [-0.15, -0.1) is 0 Å². The third-order valence-electron chi connectivity index (χ3n) is 2.04. The number of aliphatic hydroxyl groups is 1. The smallest absolute Gasteiger partial charge is 0.122 e. The molecule has 0 amide bonds. The fourth-order valence-corrected chi connectivity index (χ4v) is 1.21. The summed E-state index contributed by atoms with van der Waals surface area (Å²) < 4.78 is 10.9. The molecule has 1 atom stereocenters. The molecule has 1 aromatic carbocycles. The quantitative estimate of drug-likeness (QED) is 0.698. The number of rotatable bonds is 7. The first kappa shape index (κ1) is 12.0. The standard InChI is InChI=1S/C12H18O3/c1-2-11(10-14-9-8-13)15-12-6-4-3-5-7-12/h3-7,11,13H,2,8-10H2,1H3. The first-order valence-electron chi connectivity index (χ1n) is 5.27. The molecular weight excluding hydrogens is 192 g/mol.